The first-order valence-corrected chi connectivity index (χ1v) is 42.2. The quantitative estimate of drug-likeness (QED) is 0.207. The maximum atomic E-state index is 11.2. The number of rotatable bonds is 7. The fourth-order valence-corrected chi connectivity index (χ4v) is 15.1. The minimum Gasteiger partial charge on any atom is -0.396 e. The van der Waals surface area contributed by atoms with E-state index in [9.17, 15) is 47.9 Å². The number of carbonyl (C=O) groups excluding carboxylic acids is 10. The van der Waals surface area contributed by atoms with E-state index >= 15 is 0 Å². The lowest BCUT2D eigenvalue weighted by Gasteiger charge is -2.34. The molecule has 10 saturated heterocycles. The van der Waals surface area contributed by atoms with Gasteiger partial charge < -0.3 is 74.5 Å². The van der Waals surface area contributed by atoms with Gasteiger partial charge in [-0.25, -0.2) is 0 Å². The van der Waals surface area contributed by atoms with Crippen LogP contribution in [0.1, 0.15) is 206 Å². The molecule has 1 aromatic carbocycles. The smallest absolute Gasteiger partial charge is 0.219 e. The number of piperidine rings is 7. The average molecular weight is 1570 g/mol. The summed E-state index contributed by atoms with van der Waals surface area (Å²) in [5.74, 6) is 6.77. The lowest BCUT2D eigenvalue weighted by Crippen LogP contribution is -2.47. The van der Waals surface area contributed by atoms with Gasteiger partial charge >= 0.3 is 0 Å². The van der Waals surface area contributed by atoms with Crippen LogP contribution in [-0.2, 0) is 54.5 Å². The molecule has 0 aliphatic carbocycles. The number of aliphatic hydroxyl groups excluding tert-OH is 3. The number of likely N-dealkylation sites (tertiary alicyclic amines) is 7. The van der Waals surface area contributed by atoms with Gasteiger partial charge in [0, 0.05) is 251 Å². The number of nitrogens with zero attached hydrogens (tertiary/aromatic N) is 12. The normalized spacial score (nSPS) is 21.4. The number of benzene rings is 1. The fourth-order valence-electron chi connectivity index (χ4n) is 14.2. The molecule has 27 heteroatoms. The van der Waals surface area contributed by atoms with E-state index < -0.39 is 0 Å². The highest BCUT2D eigenvalue weighted by Gasteiger charge is 2.26. The maximum Gasteiger partial charge on any atom is 0.219 e. The Morgan fingerprint density at radius 2 is 0.773 bits per heavy atom. The van der Waals surface area contributed by atoms with Crippen LogP contribution in [0.4, 0.5) is 0 Å². The van der Waals surface area contributed by atoms with Gasteiger partial charge in [-0.1, -0.05) is 65.0 Å². The number of hydrogen-bond acceptors (Lipinski definition) is 17. The van der Waals surface area contributed by atoms with Gasteiger partial charge in [0.05, 0.1) is 12.2 Å². The van der Waals surface area contributed by atoms with Gasteiger partial charge in [0.15, 0.2) is 0 Å². The topological polar surface area (TPSA) is 282 Å². The van der Waals surface area contributed by atoms with Crippen molar-refractivity contribution >= 4 is 70.8 Å². The van der Waals surface area contributed by atoms with E-state index in [4.69, 9.17) is 15.3 Å². The second kappa shape index (κ2) is 59.7. The molecule has 0 radical (unpaired) electrons. The fraction of sp³-hybridized carbons (Fsp3) is 0.807. The third-order valence-electron chi connectivity index (χ3n) is 21.4. The minimum absolute atomic E-state index is 0. The number of β-amino-alcohol motifs (C(OH)–C–C–N with tert-alkyl or cyclic N) is 1. The number of thioether (sulfide) groups is 1. The van der Waals surface area contributed by atoms with Crippen LogP contribution in [0, 0.1) is 23.7 Å². The molecule has 3 unspecified atom stereocenters. The Morgan fingerprint density at radius 1 is 0.391 bits per heavy atom. The zero-order valence-corrected chi connectivity index (χ0v) is 70.9. The van der Waals surface area contributed by atoms with Crippen molar-refractivity contribution in [3.63, 3.8) is 0 Å². The second-order valence-corrected chi connectivity index (χ2v) is 32.4. The number of hydrogen-bond donors (Lipinski definition) is 4. The first-order chi connectivity index (χ1) is 51.8. The van der Waals surface area contributed by atoms with Gasteiger partial charge in [0.25, 0.3) is 0 Å². The summed E-state index contributed by atoms with van der Waals surface area (Å²) in [5, 5.41) is 29.7. The van der Waals surface area contributed by atoms with E-state index in [1.165, 1.54) is 83.4 Å². The number of likely N-dealkylation sites (N-methyl/N-ethyl adjacent to an activating group) is 1. The van der Waals surface area contributed by atoms with Crippen molar-refractivity contribution in [3.05, 3.63) is 35.9 Å². The van der Waals surface area contributed by atoms with Crippen LogP contribution >= 0.6 is 11.8 Å². The van der Waals surface area contributed by atoms with E-state index in [0.29, 0.717) is 24.3 Å². The summed E-state index contributed by atoms with van der Waals surface area (Å²) in [5.41, 5.74) is 1.35. The molecule has 110 heavy (non-hydrogen) atoms. The number of piperazine rings is 2. The van der Waals surface area contributed by atoms with Crippen molar-refractivity contribution in [2.75, 3.05) is 195 Å². The van der Waals surface area contributed by atoms with Gasteiger partial charge in [0.2, 0.25) is 59.1 Å². The molecule has 10 heterocycles. The third-order valence-corrected chi connectivity index (χ3v) is 22.4. The van der Waals surface area contributed by atoms with E-state index in [2.05, 4.69) is 72.1 Å². The minimum atomic E-state index is -0.294. The van der Waals surface area contributed by atoms with Crippen LogP contribution in [-0.4, -0.2) is 341 Å². The molecule has 0 saturated carbocycles. The molecular weight excluding hydrogens is 1420 g/mol. The lowest BCUT2D eigenvalue weighted by molar-refractivity contribution is -0.132. The Kier molecular flexibility index (Phi) is 55.4. The monoisotopic (exact) mass is 1570 g/mol. The Hall–Kier alpha value is -5.97. The summed E-state index contributed by atoms with van der Waals surface area (Å²) in [6.45, 7) is 48.1. The number of carbonyl (C=O) groups is 10. The Balaban J connectivity index is 0.000000613. The van der Waals surface area contributed by atoms with Crippen LogP contribution in [0.2, 0.25) is 0 Å². The third kappa shape index (κ3) is 48.2. The largest absolute Gasteiger partial charge is 0.396 e. The van der Waals surface area contributed by atoms with Gasteiger partial charge in [0.1, 0.15) is 0 Å². The molecule has 3 atom stereocenters. The SMILES string of the molecule is C.CC(=O)N1CC(C)CC(C)C1.CC(=O)N1CCC(C)CC1.CC(=O)N1CCC(CCO)CC1.CC(=O)N1CCC(O)CC1.CC(=O)N1CCCC(O)C1.CC(=O)N1CCCCC1.CC(=O)N1CCN(C)CC1.CC(=O)N1CCN(Cc2ccccc2)CC1.CC(=O)N1CCSCC1.CC(=O)NCCN1CCCCC1. The van der Waals surface area contributed by atoms with Crippen LogP contribution in [0.15, 0.2) is 30.3 Å². The average Bonchev–Trinajstić information content (AvgIpc) is 0.877. The zero-order valence-electron chi connectivity index (χ0n) is 70.1. The summed E-state index contributed by atoms with van der Waals surface area (Å²) in [6.07, 6.45) is 17.1. The first kappa shape index (κ1) is 102. The van der Waals surface area contributed by atoms with Crippen LogP contribution in [0.3, 0.4) is 0 Å². The molecule has 0 spiro atoms. The van der Waals surface area contributed by atoms with Crippen molar-refractivity contribution in [1.82, 2.24) is 64.1 Å². The van der Waals surface area contributed by atoms with E-state index in [0.717, 1.165) is 219 Å². The molecule has 0 bridgehead atoms. The molecule has 10 aliphatic heterocycles. The molecule has 4 N–H and O–H groups in total. The molecule has 10 fully saturated rings. The van der Waals surface area contributed by atoms with E-state index in [1.54, 1.807) is 72.1 Å². The van der Waals surface area contributed by atoms with Crippen LogP contribution in [0.5, 0.6) is 0 Å². The lowest BCUT2D eigenvalue weighted by atomic mass is 9.92. The zero-order chi connectivity index (χ0) is 81.2. The Morgan fingerprint density at radius 3 is 1.16 bits per heavy atom. The summed E-state index contributed by atoms with van der Waals surface area (Å²) in [4.78, 5) is 132. The van der Waals surface area contributed by atoms with Crippen molar-refractivity contribution in [3.8, 4) is 0 Å². The van der Waals surface area contributed by atoms with Crippen molar-refractivity contribution in [1.29, 1.82) is 0 Å². The second-order valence-electron chi connectivity index (χ2n) is 31.2. The van der Waals surface area contributed by atoms with Gasteiger partial charge in [-0.2, -0.15) is 11.8 Å². The molecular formula is C83H153N13O13S. The van der Waals surface area contributed by atoms with E-state index in [-0.39, 0.29) is 85.3 Å². The molecule has 11 rings (SSSR count). The van der Waals surface area contributed by atoms with E-state index in [1.807, 2.05) is 52.1 Å². The van der Waals surface area contributed by atoms with Crippen molar-refractivity contribution < 1.29 is 63.3 Å². The standard InChI is InChI=1S/C13H18N2O.C9H18N2O.C9H17NO2.C9H17NO.C8H15NO.C7H14N2O.2C7H13NO2.C7H13NO.C6H11NOS.CH4/c1-12(16)15-9-7-14(8-10-15)11-13-5-3-2-4-6-13;1-9(12)10-5-8-11-6-3-2-4-7-11;1-8(12)10-5-2-9(3-6-10)4-7-11;1-7-4-8(2)6-10(5-7)9(3)11;1-7-3-5-9(6-4-7)8(2)10;1-7(10)9-5-3-8(2)4-6-9;1-6(9)8-4-2-7(10)3-5-8;1-6(9)8-4-2-3-7(10)5-8;1-7(9)8-5-3-2-4-6-8;1-6(8)7-2-4-9-5-3-7;/h2-6H,7-11H2,1H3;2-8H2,1H3,(H,10,12);9,11H,2-7H2,1H3;7-8H,4-6H2,1-3H3;7H,3-6H2,1-2H3;3-6H2,1-2H3;2*7,10H,2-5H2,1H3;2-6H2,1H3;2-5H2,1H3;1H4. The Bertz CT molecular complexity index is 2590. The predicted molar refractivity (Wildman–Crippen MR) is 443 cm³/mol. The summed E-state index contributed by atoms with van der Waals surface area (Å²) < 4.78 is 0. The highest BCUT2D eigenvalue weighted by molar-refractivity contribution is 7.99. The molecule has 10 amide bonds. The van der Waals surface area contributed by atoms with Crippen molar-refractivity contribution in [2.45, 2.75) is 219 Å². The maximum absolute atomic E-state index is 11.2. The summed E-state index contributed by atoms with van der Waals surface area (Å²) >= 11 is 1.92. The Labute approximate surface area is 668 Å². The van der Waals surface area contributed by atoms with Crippen LogP contribution in [0.25, 0.3) is 0 Å². The highest BCUT2D eigenvalue weighted by atomic mass is 32.2. The molecule has 10 aliphatic rings. The number of aliphatic hydroxyl groups is 3. The van der Waals surface area contributed by atoms with Crippen molar-refractivity contribution in [2.24, 2.45) is 23.7 Å². The predicted octanol–water partition coefficient (Wildman–Crippen LogP) is 7.36. The summed E-state index contributed by atoms with van der Waals surface area (Å²) in [6, 6.07) is 10.5. The van der Waals surface area contributed by atoms with Gasteiger partial charge in [-0.15, -0.1) is 0 Å². The number of amides is 10. The highest BCUT2D eigenvalue weighted by Crippen LogP contribution is 2.22. The molecule has 26 nitrogen and oxygen atoms in total. The van der Waals surface area contributed by atoms with Gasteiger partial charge in [-0.3, -0.25) is 52.8 Å². The summed E-state index contributed by atoms with van der Waals surface area (Å²) in [7, 11) is 2.08. The van der Waals surface area contributed by atoms with Gasteiger partial charge in [-0.05, 0) is 146 Å². The number of nitrogens with one attached hydrogen (secondary N) is 1. The molecule has 1 aromatic rings. The first-order valence-electron chi connectivity index (χ1n) is 41.0. The molecule has 0 aromatic heterocycles. The van der Waals surface area contributed by atoms with Crippen LogP contribution < -0.4 is 5.32 Å². The molecule has 634 valence electrons.